The standard InChI is InChI=1S/C15H31N2O5P/c1-11(2)14(18)9-13(10-23(20,21)22)5-6-15(19)17-8-7-16-12(3)4/h11-13,16H,5-10H2,1-4H3,(H,17,19)(H2,20,21,22). The van der Waals surface area contributed by atoms with Crippen LogP contribution in [0.15, 0.2) is 0 Å². The predicted molar refractivity (Wildman–Crippen MR) is 90.2 cm³/mol. The lowest BCUT2D eigenvalue weighted by Crippen LogP contribution is -2.34. The highest BCUT2D eigenvalue weighted by Gasteiger charge is 2.25. The lowest BCUT2D eigenvalue weighted by atomic mass is 9.94. The molecule has 0 aliphatic rings. The van der Waals surface area contributed by atoms with Gasteiger partial charge in [-0.1, -0.05) is 27.7 Å². The minimum Gasteiger partial charge on any atom is -0.355 e. The zero-order valence-corrected chi connectivity index (χ0v) is 15.4. The summed E-state index contributed by atoms with van der Waals surface area (Å²) in [5, 5.41) is 5.92. The first-order valence-electron chi connectivity index (χ1n) is 8.08. The molecule has 0 heterocycles. The van der Waals surface area contributed by atoms with Gasteiger partial charge in [0, 0.05) is 37.9 Å². The zero-order valence-electron chi connectivity index (χ0n) is 14.5. The van der Waals surface area contributed by atoms with Crippen molar-refractivity contribution >= 4 is 19.3 Å². The van der Waals surface area contributed by atoms with Crippen LogP contribution < -0.4 is 10.6 Å². The van der Waals surface area contributed by atoms with Crippen LogP contribution in [0, 0.1) is 11.8 Å². The van der Waals surface area contributed by atoms with Gasteiger partial charge in [-0.3, -0.25) is 14.2 Å². The topological polar surface area (TPSA) is 116 Å². The average molecular weight is 350 g/mol. The van der Waals surface area contributed by atoms with E-state index in [4.69, 9.17) is 9.79 Å². The van der Waals surface area contributed by atoms with Crippen molar-refractivity contribution < 1.29 is 23.9 Å². The monoisotopic (exact) mass is 350 g/mol. The molecule has 0 aliphatic heterocycles. The summed E-state index contributed by atoms with van der Waals surface area (Å²) in [7, 11) is -4.20. The molecule has 0 rings (SSSR count). The molecule has 0 saturated carbocycles. The van der Waals surface area contributed by atoms with Crippen LogP contribution in [-0.2, 0) is 14.2 Å². The number of carbonyl (C=O) groups excluding carboxylic acids is 2. The van der Waals surface area contributed by atoms with Crippen LogP contribution in [0.3, 0.4) is 0 Å². The van der Waals surface area contributed by atoms with Gasteiger partial charge in [-0.2, -0.15) is 0 Å². The molecule has 0 fully saturated rings. The van der Waals surface area contributed by atoms with Crippen molar-refractivity contribution in [3.05, 3.63) is 0 Å². The number of Topliss-reactive ketones (excluding diaryl/α,β-unsaturated/α-hetero) is 1. The van der Waals surface area contributed by atoms with Gasteiger partial charge in [-0.25, -0.2) is 0 Å². The summed E-state index contributed by atoms with van der Waals surface area (Å²) in [6, 6.07) is 0.349. The molecule has 1 atom stereocenters. The fourth-order valence-electron chi connectivity index (χ4n) is 2.10. The normalized spacial score (nSPS) is 13.4. The molecule has 8 heteroatoms. The Bertz CT molecular complexity index is 420. The lowest BCUT2D eigenvalue weighted by Gasteiger charge is -2.18. The maximum absolute atomic E-state index is 11.8. The molecule has 1 amide bonds. The summed E-state index contributed by atoms with van der Waals surface area (Å²) in [6.45, 7) is 8.71. The maximum atomic E-state index is 11.8. The predicted octanol–water partition coefficient (Wildman–Crippen LogP) is 1.29. The van der Waals surface area contributed by atoms with Gasteiger partial charge in [-0.05, 0) is 12.3 Å². The number of amides is 1. The molecule has 4 N–H and O–H groups in total. The van der Waals surface area contributed by atoms with Gasteiger partial charge >= 0.3 is 7.60 Å². The molecular formula is C15H31N2O5P. The molecule has 0 spiro atoms. The van der Waals surface area contributed by atoms with Gasteiger partial charge in [0.2, 0.25) is 5.91 Å². The largest absolute Gasteiger partial charge is 0.355 e. The average Bonchev–Trinajstić information content (AvgIpc) is 2.38. The molecule has 0 aliphatic carbocycles. The van der Waals surface area contributed by atoms with Crippen molar-refractivity contribution in [3.63, 3.8) is 0 Å². The number of ketones is 1. The Morgan fingerprint density at radius 2 is 1.70 bits per heavy atom. The Morgan fingerprint density at radius 1 is 1.09 bits per heavy atom. The quantitative estimate of drug-likeness (QED) is 0.311. The van der Waals surface area contributed by atoms with Crippen LogP contribution in [-0.4, -0.2) is 46.8 Å². The fourth-order valence-corrected chi connectivity index (χ4v) is 3.09. The number of hydrogen-bond acceptors (Lipinski definition) is 4. The molecule has 1 unspecified atom stereocenters. The van der Waals surface area contributed by atoms with E-state index in [9.17, 15) is 14.2 Å². The first kappa shape index (κ1) is 22.2. The van der Waals surface area contributed by atoms with E-state index in [1.165, 1.54) is 0 Å². The number of rotatable bonds is 12. The molecule has 7 nitrogen and oxygen atoms in total. The van der Waals surface area contributed by atoms with E-state index in [-0.39, 0.29) is 36.6 Å². The Morgan fingerprint density at radius 3 is 2.17 bits per heavy atom. The summed E-state index contributed by atoms with van der Waals surface area (Å²) < 4.78 is 11.2. The maximum Gasteiger partial charge on any atom is 0.325 e. The van der Waals surface area contributed by atoms with Crippen LogP contribution in [0.1, 0.15) is 47.0 Å². The first-order valence-corrected chi connectivity index (χ1v) is 9.88. The van der Waals surface area contributed by atoms with Crippen molar-refractivity contribution in [2.75, 3.05) is 19.3 Å². The van der Waals surface area contributed by atoms with Crippen molar-refractivity contribution in [3.8, 4) is 0 Å². The fraction of sp³-hybridized carbons (Fsp3) is 0.867. The van der Waals surface area contributed by atoms with Gasteiger partial charge in [0.1, 0.15) is 5.78 Å². The Balaban J connectivity index is 4.29. The second-order valence-electron chi connectivity index (χ2n) is 6.54. The van der Waals surface area contributed by atoms with Gasteiger partial charge in [0.15, 0.2) is 0 Å². The van der Waals surface area contributed by atoms with Crippen molar-refractivity contribution in [2.24, 2.45) is 11.8 Å². The Labute approximate surface area is 138 Å². The SMILES string of the molecule is CC(C)NCCNC(=O)CCC(CC(=O)C(C)C)CP(=O)(O)O. The Kier molecular flexibility index (Phi) is 10.6. The Hall–Kier alpha value is -0.750. The van der Waals surface area contributed by atoms with Gasteiger partial charge in [0.25, 0.3) is 0 Å². The molecule has 0 aromatic heterocycles. The summed E-state index contributed by atoms with van der Waals surface area (Å²) in [5.74, 6) is -0.844. The zero-order chi connectivity index (χ0) is 18.0. The summed E-state index contributed by atoms with van der Waals surface area (Å²) in [5.41, 5.74) is 0. The third kappa shape index (κ3) is 13.4. The molecule has 0 bridgehead atoms. The highest BCUT2D eigenvalue weighted by Crippen LogP contribution is 2.39. The van der Waals surface area contributed by atoms with Gasteiger partial charge in [-0.15, -0.1) is 0 Å². The second kappa shape index (κ2) is 10.9. The molecule has 0 saturated heterocycles. The smallest absolute Gasteiger partial charge is 0.325 e. The highest BCUT2D eigenvalue weighted by atomic mass is 31.2. The van der Waals surface area contributed by atoms with Crippen LogP contribution in [0.4, 0.5) is 0 Å². The first-order chi connectivity index (χ1) is 10.5. The van der Waals surface area contributed by atoms with E-state index < -0.39 is 13.5 Å². The van der Waals surface area contributed by atoms with Crippen LogP contribution in [0.25, 0.3) is 0 Å². The third-order valence-corrected chi connectivity index (χ3v) is 4.40. The van der Waals surface area contributed by atoms with Crippen molar-refractivity contribution in [1.82, 2.24) is 10.6 Å². The minimum atomic E-state index is -4.20. The molecule has 136 valence electrons. The van der Waals surface area contributed by atoms with Crippen LogP contribution in [0.2, 0.25) is 0 Å². The number of hydrogen-bond donors (Lipinski definition) is 4. The third-order valence-electron chi connectivity index (χ3n) is 3.41. The van der Waals surface area contributed by atoms with Crippen molar-refractivity contribution in [1.29, 1.82) is 0 Å². The molecule has 0 radical (unpaired) electrons. The van der Waals surface area contributed by atoms with Gasteiger partial charge < -0.3 is 20.4 Å². The molecule has 0 aromatic rings. The van der Waals surface area contributed by atoms with Gasteiger partial charge in [0.05, 0.1) is 6.16 Å². The summed E-state index contributed by atoms with van der Waals surface area (Å²) >= 11 is 0. The molecule has 0 aromatic carbocycles. The van der Waals surface area contributed by atoms with E-state index in [0.717, 1.165) is 0 Å². The summed E-state index contributed by atoms with van der Waals surface area (Å²) in [4.78, 5) is 41.8. The molecular weight excluding hydrogens is 319 g/mol. The van der Waals surface area contributed by atoms with Crippen molar-refractivity contribution in [2.45, 2.75) is 53.0 Å². The van der Waals surface area contributed by atoms with E-state index in [1.54, 1.807) is 13.8 Å². The highest BCUT2D eigenvalue weighted by molar-refractivity contribution is 7.51. The minimum absolute atomic E-state index is 0.0370. The molecule has 23 heavy (non-hydrogen) atoms. The van der Waals surface area contributed by atoms with Crippen LogP contribution in [0.5, 0.6) is 0 Å². The lowest BCUT2D eigenvalue weighted by molar-refractivity contribution is -0.124. The van der Waals surface area contributed by atoms with E-state index in [0.29, 0.717) is 25.6 Å². The van der Waals surface area contributed by atoms with E-state index in [2.05, 4.69) is 10.6 Å². The summed E-state index contributed by atoms with van der Waals surface area (Å²) in [6.07, 6.45) is 0.212. The number of nitrogens with one attached hydrogen (secondary N) is 2. The van der Waals surface area contributed by atoms with E-state index in [1.807, 2.05) is 13.8 Å². The van der Waals surface area contributed by atoms with Crippen LogP contribution >= 0.6 is 7.60 Å². The second-order valence-corrected chi connectivity index (χ2v) is 8.23. The number of carbonyl (C=O) groups is 2. The van der Waals surface area contributed by atoms with E-state index >= 15 is 0 Å².